The Bertz CT molecular complexity index is 697. The fraction of sp³-hybridized carbons (Fsp3) is 0.780. The van der Waals surface area contributed by atoms with Crippen LogP contribution in [0.4, 0.5) is 0 Å². The van der Waals surface area contributed by atoms with Gasteiger partial charge in [-0.25, -0.2) is 0 Å². The van der Waals surface area contributed by atoms with Crippen LogP contribution < -0.4 is 0 Å². The largest absolute Gasteiger partial charge is 0.347 e. The molecule has 0 saturated carbocycles. The van der Waals surface area contributed by atoms with Crippen molar-refractivity contribution in [3.8, 4) is 0 Å². The van der Waals surface area contributed by atoms with Crippen LogP contribution in [0.5, 0.6) is 0 Å². The summed E-state index contributed by atoms with van der Waals surface area (Å²) in [5.41, 5.74) is 0. The molecule has 2 nitrogen and oxygen atoms in total. The predicted molar refractivity (Wildman–Crippen MR) is 191 cm³/mol. The molecule has 44 heavy (non-hydrogen) atoms. The van der Waals surface area contributed by atoms with Crippen molar-refractivity contribution in [2.45, 2.75) is 199 Å². The van der Waals surface area contributed by atoms with Gasteiger partial charge < -0.3 is 16.4 Å². The smallest absolute Gasteiger partial charge is 0.168 e. The van der Waals surface area contributed by atoms with Gasteiger partial charge in [0, 0.05) is 51.5 Å². The molecule has 0 spiro atoms. The fourth-order valence-corrected chi connectivity index (χ4v) is 5.90. The molecule has 0 aromatic heterocycles. The van der Waals surface area contributed by atoms with E-state index in [-0.39, 0.29) is 44.4 Å². The Morgan fingerprint density at radius 1 is 0.523 bits per heavy atom. The summed E-state index contributed by atoms with van der Waals surface area (Å²) in [5.74, 6) is -0.308. The van der Waals surface area contributed by atoms with Gasteiger partial charge in [0.05, 0.1) is 12.7 Å². The number of unbranched alkanes of at least 4 members (excludes halogenated alkanes) is 17. The van der Waals surface area contributed by atoms with Crippen molar-refractivity contribution in [1.82, 2.24) is 0 Å². The molecule has 2 atom stereocenters. The molecule has 1 heterocycles. The Labute approximate surface area is 307 Å². The van der Waals surface area contributed by atoms with Crippen LogP contribution in [-0.4, -0.2) is 18.5 Å². The summed E-state index contributed by atoms with van der Waals surface area (Å²) < 4.78 is 13.0. The van der Waals surface area contributed by atoms with E-state index in [4.69, 9.17) is 9.47 Å². The summed E-state index contributed by atoms with van der Waals surface area (Å²) >= 11 is 0. The van der Waals surface area contributed by atoms with Crippen molar-refractivity contribution in [3.05, 3.63) is 55.5 Å². The van der Waals surface area contributed by atoms with Gasteiger partial charge in [0.25, 0.3) is 0 Å². The molecule has 0 aromatic rings. The predicted octanol–water partition coefficient (Wildman–Crippen LogP) is 13.7. The molecule has 0 aromatic carbocycles. The summed E-state index contributed by atoms with van der Waals surface area (Å²) in [4.78, 5) is 0. The molecule has 1 unspecified atom stereocenters. The molecule has 1 radical (unpaired) electrons. The Balaban J connectivity index is 0.0000185. The van der Waals surface area contributed by atoms with Gasteiger partial charge in [-0.1, -0.05) is 101 Å². The molecule has 1 saturated heterocycles. The molecule has 259 valence electrons. The molecule has 1 rings (SSSR count). The summed E-state index contributed by atoms with van der Waals surface area (Å²) in [7, 11) is 0. The van der Waals surface area contributed by atoms with Crippen molar-refractivity contribution in [1.29, 1.82) is 0 Å². The van der Waals surface area contributed by atoms with Crippen molar-refractivity contribution < 1.29 is 48.1 Å². The van der Waals surface area contributed by atoms with E-state index in [2.05, 4.69) is 69.4 Å². The van der Waals surface area contributed by atoms with E-state index in [1.165, 1.54) is 148 Å². The zero-order chi connectivity index (χ0) is 30.9. The van der Waals surface area contributed by atoms with Crippen LogP contribution in [0.3, 0.4) is 0 Å². The third-order valence-electron chi connectivity index (χ3n) is 8.63. The monoisotopic (exact) mass is 756 g/mol. The average molecular weight is 757 g/mol. The molecule has 0 bridgehead atoms. The van der Waals surface area contributed by atoms with Crippen molar-refractivity contribution in [2.75, 3.05) is 6.61 Å². The van der Waals surface area contributed by atoms with Crippen LogP contribution in [0.15, 0.2) is 48.6 Å². The maximum Gasteiger partial charge on any atom is 0.168 e. The zero-order valence-corrected chi connectivity index (χ0v) is 31.5. The molecule has 0 N–H and O–H groups in total. The van der Waals surface area contributed by atoms with E-state index >= 15 is 0 Å². The van der Waals surface area contributed by atoms with Gasteiger partial charge in [-0.3, -0.25) is 0 Å². The normalized spacial score (nSPS) is 18.9. The molecular formula is C41H73O2Tb-. The Morgan fingerprint density at radius 3 is 1.30 bits per heavy atom. The first-order valence-corrected chi connectivity index (χ1v) is 19.0. The van der Waals surface area contributed by atoms with Crippen LogP contribution in [0.25, 0.3) is 0 Å². The van der Waals surface area contributed by atoms with E-state index in [9.17, 15) is 0 Å². The Hall–Kier alpha value is 0.166. The van der Waals surface area contributed by atoms with Crippen molar-refractivity contribution >= 4 is 0 Å². The second kappa shape index (κ2) is 34.5. The van der Waals surface area contributed by atoms with Gasteiger partial charge >= 0.3 is 0 Å². The van der Waals surface area contributed by atoms with E-state index in [0.717, 1.165) is 32.3 Å². The van der Waals surface area contributed by atoms with Crippen LogP contribution >= 0.6 is 0 Å². The van der Waals surface area contributed by atoms with Crippen molar-refractivity contribution in [3.63, 3.8) is 0 Å². The quantitative estimate of drug-likeness (QED) is 0.0398. The van der Waals surface area contributed by atoms with Gasteiger partial charge in [0.15, 0.2) is 5.79 Å². The summed E-state index contributed by atoms with van der Waals surface area (Å²) in [6.45, 7) is 9.21. The Kier molecular flexibility index (Phi) is 34.6. The molecule has 1 aliphatic heterocycles. The molecule has 1 aliphatic rings. The van der Waals surface area contributed by atoms with Crippen LogP contribution in [-0.2, 0) is 9.47 Å². The summed E-state index contributed by atoms with van der Waals surface area (Å²) in [5, 5.41) is 0. The van der Waals surface area contributed by atoms with E-state index < -0.39 is 0 Å². The topological polar surface area (TPSA) is 18.5 Å². The third kappa shape index (κ3) is 27.3. The molecule has 0 aliphatic carbocycles. The number of allylic oxidation sites excluding steroid dienone is 8. The first kappa shape index (κ1) is 44.2. The van der Waals surface area contributed by atoms with Gasteiger partial charge in [0.2, 0.25) is 0 Å². The van der Waals surface area contributed by atoms with Crippen molar-refractivity contribution in [2.24, 2.45) is 0 Å². The fourth-order valence-electron chi connectivity index (χ4n) is 5.90. The van der Waals surface area contributed by atoms with Crippen LogP contribution in [0, 0.1) is 45.5 Å². The zero-order valence-electron chi connectivity index (χ0n) is 29.4. The standard InChI is InChI=1S/C41H73O2.Tb/c1-4-7-9-11-13-15-17-19-21-23-25-27-29-31-33-35-38-41(42-39-40(43-41)36-6-3)37-34-32-30-28-26-24-22-20-18-16-14-12-10-8-5-2;/h12-15,24-27,40H,2,4-11,16-23,28-39H2,1,3H3;/q-1;/b14-12-,15-13-,26-24-,27-25-;/t40-,41?;/m0./s1. The first-order chi connectivity index (χ1) is 21.3. The number of hydrogen-bond acceptors (Lipinski definition) is 2. The SMILES string of the molecule is [CH2-]CCC/C=C\CCCC/C=C\CCCCCC1(CCCCC/C=C\CCCC/C=C\CCCCC)OC[C@H](CCC)O1.[Tb]. The molecular weight excluding hydrogens is 683 g/mol. The summed E-state index contributed by atoms with van der Waals surface area (Å²) in [6, 6.07) is 0. The Morgan fingerprint density at radius 2 is 0.909 bits per heavy atom. The van der Waals surface area contributed by atoms with E-state index in [1.807, 2.05) is 0 Å². The van der Waals surface area contributed by atoms with Gasteiger partial charge in [-0.2, -0.15) is 6.42 Å². The second-order valence-electron chi connectivity index (χ2n) is 12.9. The van der Waals surface area contributed by atoms with Gasteiger partial charge in [-0.15, -0.1) is 0 Å². The van der Waals surface area contributed by atoms with E-state index in [1.54, 1.807) is 0 Å². The summed E-state index contributed by atoms with van der Waals surface area (Å²) in [6.07, 6.45) is 52.7. The van der Waals surface area contributed by atoms with Crippen LogP contribution in [0.2, 0.25) is 0 Å². The minimum Gasteiger partial charge on any atom is -0.347 e. The van der Waals surface area contributed by atoms with Crippen LogP contribution in [0.1, 0.15) is 187 Å². The molecule has 3 heteroatoms. The minimum atomic E-state index is -0.308. The third-order valence-corrected chi connectivity index (χ3v) is 8.63. The van der Waals surface area contributed by atoms with Gasteiger partial charge in [-0.05, 0) is 116 Å². The van der Waals surface area contributed by atoms with Gasteiger partial charge in [0.1, 0.15) is 0 Å². The maximum atomic E-state index is 6.57. The number of rotatable bonds is 31. The average Bonchev–Trinajstić information content (AvgIpc) is 3.41. The first-order valence-electron chi connectivity index (χ1n) is 19.0. The molecule has 1 fully saturated rings. The number of ether oxygens (including phenoxy) is 2. The van der Waals surface area contributed by atoms with E-state index in [0.29, 0.717) is 6.10 Å². The second-order valence-corrected chi connectivity index (χ2v) is 12.9. The molecule has 0 amide bonds. The maximum absolute atomic E-state index is 6.57. The minimum absolute atomic E-state index is 0. The number of hydrogen-bond donors (Lipinski definition) is 0.